The normalized spacial score (nSPS) is 16.4. The Labute approximate surface area is 168 Å². The standard InChI is InChI=1S/C23H22N4O2/c1-14(2)19-13-20(29-26-19)23(28)27-12-10-16-15-7-3-4-8-17(15)25-21(16)22(27)18-9-5-6-11-24-18/h3-9,11,13-14,22,25H,10,12H2,1-2H3. The van der Waals surface area contributed by atoms with E-state index in [0.717, 1.165) is 29.0 Å². The van der Waals surface area contributed by atoms with Crippen LogP contribution in [0.4, 0.5) is 0 Å². The van der Waals surface area contributed by atoms with E-state index in [4.69, 9.17) is 4.52 Å². The first-order chi connectivity index (χ1) is 14.1. The van der Waals surface area contributed by atoms with E-state index in [9.17, 15) is 4.79 Å². The zero-order valence-electron chi connectivity index (χ0n) is 16.4. The molecule has 1 atom stereocenters. The molecule has 0 aliphatic carbocycles. The van der Waals surface area contributed by atoms with E-state index >= 15 is 0 Å². The first-order valence-electron chi connectivity index (χ1n) is 9.91. The highest BCUT2D eigenvalue weighted by atomic mass is 16.5. The van der Waals surface area contributed by atoms with Crippen molar-refractivity contribution in [2.75, 3.05) is 6.54 Å². The first kappa shape index (κ1) is 17.7. The summed E-state index contributed by atoms with van der Waals surface area (Å²) in [5, 5.41) is 5.27. The van der Waals surface area contributed by atoms with Gasteiger partial charge in [0.15, 0.2) is 0 Å². The zero-order chi connectivity index (χ0) is 20.0. The number of H-pyrrole nitrogens is 1. The van der Waals surface area contributed by atoms with Gasteiger partial charge in [0, 0.05) is 35.4 Å². The fourth-order valence-electron chi connectivity index (χ4n) is 4.11. The van der Waals surface area contributed by atoms with Crippen LogP contribution < -0.4 is 0 Å². The number of pyridine rings is 1. The molecule has 0 saturated carbocycles. The van der Waals surface area contributed by atoms with Gasteiger partial charge in [0.05, 0.1) is 11.4 Å². The third kappa shape index (κ3) is 2.92. The van der Waals surface area contributed by atoms with Crippen LogP contribution in [0.25, 0.3) is 10.9 Å². The van der Waals surface area contributed by atoms with Gasteiger partial charge in [-0.2, -0.15) is 0 Å². The highest BCUT2D eigenvalue weighted by Crippen LogP contribution is 2.38. The number of aromatic nitrogens is 3. The number of hydrogen-bond acceptors (Lipinski definition) is 4. The summed E-state index contributed by atoms with van der Waals surface area (Å²) in [4.78, 5) is 23.3. The van der Waals surface area contributed by atoms with E-state index in [1.807, 2.05) is 49.1 Å². The summed E-state index contributed by atoms with van der Waals surface area (Å²) < 4.78 is 5.40. The van der Waals surface area contributed by atoms with Gasteiger partial charge in [-0.15, -0.1) is 0 Å². The van der Waals surface area contributed by atoms with Crippen molar-refractivity contribution in [3.63, 3.8) is 0 Å². The lowest BCUT2D eigenvalue weighted by atomic mass is 9.94. The second kappa shape index (κ2) is 6.88. The summed E-state index contributed by atoms with van der Waals surface area (Å²) in [6, 6.07) is 15.5. The Hall–Kier alpha value is -3.41. The van der Waals surface area contributed by atoms with E-state index in [1.165, 1.54) is 10.9 Å². The predicted molar refractivity (Wildman–Crippen MR) is 110 cm³/mol. The predicted octanol–water partition coefficient (Wildman–Crippen LogP) is 4.46. The van der Waals surface area contributed by atoms with Crippen molar-refractivity contribution in [1.82, 2.24) is 20.0 Å². The van der Waals surface area contributed by atoms with E-state index in [-0.39, 0.29) is 23.6 Å². The number of amides is 1. The Bertz CT molecular complexity index is 1180. The molecule has 0 spiro atoms. The number of benzene rings is 1. The second-order valence-electron chi connectivity index (χ2n) is 7.74. The van der Waals surface area contributed by atoms with Gasteiger partial charge in [-0.25, -0.2) is 0 Å². The van der Waals surface area contributed by atoms with Crippen molar-refractivity contribution in [3.05, 3.63) is 83.1 Å². The second-order valence-corrected chi connectivity index (χ2v) is 7.74. The third-order valence-electron chi connectivity index (χ3n) is 5.59. The molecule has 1 N–H and O–H groups in total. The maximum absolute atomic E-state index is 13.4. The molecule has 0 fully saturated rings. The molecule has 1 amide bonds. The van der Waals surface area contributed by atoms with Crippen molar-refractivity contribution in [2.45, 2.75) is 32.2 Å². The Morgan fingerprint density at radius 3 is 2.79 bits per heavy atom. The van der Waals surface area contributed by atoms with Crippen molar-refractivity contribution in [2.24, 2.45) is 0 Å². The smallest absolute Gasteiger partial charge is 0.293 e. The molecule has 1 aromatic carbocycles. The molecule has 146 valence electrons. The molecule has 0 saturated heterocycles. The van der Waals surface area contributed by atoms with Crippen molar-refractivity contribution < 1.29 is 9.32 Å². The highest BCUT2D eigenvalue weighted by Gasteiger charge is 2.37. The minimum atomic E-state index is -0.299. The maximum Gasteiger partial charge on any atom is 0.293 e. The Kier molecular flexibility index (Phi) is 4.19. The summed E-state index contributed by atoms with van der Waals surface area (Å²) in [5.74, 6) is 0.312. The monoisotopic (exact) mass is 386 g/mol. The quantitative estimate of drug-likeness (QED) is 0.564. The van der Waals surface area contributed by atoms with Gasteiger partial charge in [-0.05, 0) is 36.1 Å². The molecule has 5 rings (SSSR count). The zero-order valence-corrected chi connectivity index (χ0v) is 16.4. The number of para-hydroxylation sites is 1. The number of nitrogens with zero attached hydrogens (tertiary/aromatic N) is 3. The lowest BCUT2D eigenvalue weighted by molar-refractivity contribution is 0.0646. The van der Waals surface area contributed by atoms with Gasteiger partial charge in [-0.1, -0.05) is 43.3 Å². The summed E-state index contributed by atoms with van der Waals surface area (Å²) in [5.41, 5.74) is 4.96. The van der Waals surface area contributed by atoms with Gasteiger partial charge in [0.1, 0.15) is 6.04 Å². The van der Waals surface area contributed by atoms with Crippen LogP contribution in [0.3, 0.4) is 0 Å². The number of rotatable bonds is 3. The van der Waals surface area contributed by atoms with E-state index < -0.39 is 0 Å². The first-order valence-corrected chi connectivity index (χ1v) is 9.91. The summed E-state index contributed by atoms with van der Waals surface area (Å²) in [6.45, 7) is 4.65. The van der Waals surface area contributed by atoms with Gasteiger partial charge in [0.2, 0.25) is 5.76 Å². The number of carbonyl (C=O) groups excluding carboxylic acids is 1. The summed E-state index contributed by atoms with van der Waals surface area (Å²) >= 11 is 0. The van der Waals surface area contributed by atoms with Crippen LogP contribution in [0.1, 0.15) is 59.0 Å². The number of aromatic amines is 1. The molecule has 0 radical (unpaired) electrons. The molecule has 3 aromatic heterocycles. The van der Waals surface area contributed by atoms with Crippen LogP contribution in [-0.4, -0.2) is 32.5 Å². The molecule has 4 heterocycles. The summed E-state index contributed by atoms with van der Waals surface area (Å²) in [7, 11) is 0. The van der Waals surface area contributed by atoms with Crippen LogP contribution in [0.5, 0.6) is 0 Å². The van der Waals surface area contributed by atoms with Crippen LogP contribution in [0, 0.1) is 0 Å². The lowest BCUT2D eigenvalue weighted by Gasteiger charge is -2.34. The molecule has 4 aromatic rings. The number of hydrogen-bond donors (Lipinski definition) is 1. The van der Waals surface area contributed by atoms with Gasteiger partial charge >= 0.3 is 0 Å². The van der Waals surface area contributed by atoms with Crippen LogP contribution in [0.2, 0.25) is 0 Å². The number of carbonyl (C=O) groups is 1. The van der Waals surface area contributed by atoms with Crippen molar-refractivity contribution in [3.8, 4) is 0 Å². The molecular formula is C23H22N4O2. The molecule has 29 heavy (non-hydrogen) atoms. The minimum absolute atomic E-state index is 0.163. The molecule has 6 nitrogen and oxygen atoms in total. The van der Waals surface area contributed by atoms with Crippen molar-refractivity contribution >= 4 is 16.8 Å². The van der Waals surface area contributed by atoms with Gasteiger partial charge in [0.25, 0.3) is 5.91 Å². The van der Waals surface area contributed by atoms with E-state index in [2.05, 4.69) is 27.3 Å². The Morgan fingerprint density at radius 1 is 1.21 bits per heavy atom. The van der Waals surface area contributed by atoms with E-state index in [1.54, 1.807) is 12.3 Å². The van der Waals surface area contributed by atoms with Crippen LogP contribution in [-0.2, 0) is 6.42 Å². The number of nitrogens with one attached hydrogen (secondary N) is 1. The Balaban J connectivity index is 1.62. The molecule has 6 heteroatoms. The third-order valence-corrected chi connectivity index (χ3v) is 5.59. The number of fused-ring (bicyclic) bond motifs is 3. The molecule has 1 aliphatic rings. The lowest BCUT2D eigenvalue weighted by Crippen LogP contribution is -2.40. The van der Waals surface area contributed by atoms with Crippen LogP contribution >= 0.6 is 0 Å². The molecular weight excluding hydrogens is 364 g/mol. The largest absolute Gasteiger partial charge is 0.356 e. The van der Waals surface area contributed by atoms with Gasteiger partial charge < -0.3 is 14.4 Å². The fraction of sp³-hybridized carbons (Fsp3) is 0.261. The average molecular weight is 386 g/mol. The fourth-order valence-corrected chi connectivity index (χ4v) is 4.11. The minimum Gasteiger partial charge on any atom is -0.356 e. The molecule has 1 aliphatic heterocycles. The highest BCUT2D eigenvalue weighted by molar-refractivity contribution is 5.93. The van der Waals surface area contributed by atoms with Crippen LogP contribution in [0.15, 0.2) is 59.3 Å². The van der Waals surface area contributed by atoms with Crippen molar-refractivity contribution in [1.29, 1.82) is 0 Å². The van der Waals surface area contributed by atoms with E-state index in [0.29, 0.717) is 6.54 Å². The average Bonchev–Trinajstić information content (AvgIpc) is 3.38. The topological polar surface area (TPSA) is 75.0 Å². The molecule has 1 unspecified atom stereocenters. The summed E-state index contributed by atoms with van der Waals surface area (Å²) in [6.07, 6.45) is 2.54. The SMILES string of the molecule is CC(C)c1cc(C(=O)N2CCc3c([nH]c4ccccc34)C2c2ccccn2)on1. The maximum atomic E-state index is 13.4. The van der Waals surface area contributed by atoms with Gasteiger partial charge in [-0.3, -0.25) is 9.78 Å². The Morgan fingerprint density at radius 2 is 2.03 bits per heavy atom. The molecule has 0 bridgehead atoms.